The van der Waals surface area contributed by atoms with E-state index >= 15 is 0 Å². The molecular weight excluding hydrogens is 328 g/mol. The lowest BCUT2D eigenvalue weighted by Gasteiger charge is -2.34. The van der Waals surface area contributed by atoms with Gasteiger partial charge < -0.3 is 9.88 Å². The van der Waals surface area contributed by atoms with Gasteiger partial charge in [-0.3, -0.25) is 14.6 Å². The summed E-state index contributed by atoms with van der Waals surface area (Å²) in [4.78, 5) is 33.9. The number of nitriles is 1. The molecule has 0 radical (unpaired) electrons. The molecule has 134 valence electrons. The molecule has 1 spiro atoms. The van der Waals surface area contributed by atoms with Gasteiger partial charge in [0.1, 0.15) is 17.3 Å². The van der Waals surface area contributed by atoms with Crippen molar-refractivity contribution in [2.45, 2.75) is 39.5 Å². The molecule has 0 aromatic carbocycles. The molecule has 0 unspecified atom stereocenters. The summed E-state index contributed by atoms with van der Waals surface area (Å²) in [5.74, 6) is -0.204. The number of ketones is 1. The van der Waals surface area contributed by atoms with E-state index in [1.54, 1.807) is 6.07 Å². The van der Waals surface area contributed by atoms with Crippen molar-refractivity contribution in [2.75, 3.05) is 18.0 Å². The number of carbonyl (C=O) groups excluding carboxylic acids is 1. The van der Waals surface area contributed by atoms with Crippen LogP contribution in [0.4, 0.5) is 5.69 Å². The number of aromatic amines is 1. The molecule has 2 fully saturated rings. The van der Waals surface area contributed by atoms with Crippen molar-refractivity contribution in [3.8, 4) is 6.07 Å². The van der Waals surface area contributed by atoms with E-state index in [1.165, 1.54) is 19.0 Å². The third kappa shape index (κ3) is 2.68. The summed E-state index contributed by atoms with van der Waals surface area (Å²) in [5, 5.41) is 10.3. The van der Waals surface area contributed by atoms with E-state index in [-0.39, 0.29) is 17.3 Å². The van der Waals surface area contributed by atoms with E-state index in [0.29, 0.717) is 22.3 Å². The third-order valence-electron chi connectivity index (χ3n) is 5.86. The molecular formula is C20H22N4O2. The SMILES string of the molecule is CC(C)C(=O)c1cc2c(N3CCC4(CC3)CC4)c(C#N)c(=O)[nH]c2cn1. The lowest BCUT2D eigenvalue weighted by atomic mass is 9.92. The fourth-order valence-electron chi connectivity index (χ4n) is 3.92. The number of rotatable bonds is 3. The zero-order valence-corrected chi connectivity index (χ0v) is 15.1. The van der Waals surface area contributed by atoms with Crippen molar-refractivity contribution in [1.82, 2.24) is 9.97 Å². The maximum Gasteiger partial charge on any atom is 0.268 e. The number of nitrogens with zero attached hydrogens (tertiary/aromatic N) is 3. The quantitative estimate of drug-likeness (QED) is 0.860. The number of Topliss-reactive ketones (excluding diaryl/α,β-unsaturated/α-hetero) is 1. The minimum Gasteiger partial charge on any atom is -0.370 e. The number of hydrogen-bond acceptors (Lipinski definition) is 5. The molecule has 0 bridgehead atoms. The highest BCUT2D eigenvalue weighted by molar-refractivity contribution is 6.02. The van der Waals surface area contributed by atoms with Crippen LogP contribution in [0.1, 0.15) is 55.6 Å². The second kappa shape index (κ2) is 5.94. The second-order valence-electron chi connectivity index (χ2n) is 7.91. The van der Waals surface area contributed by atoms with Gasteiger partial charge in [0.15, 0.2) is 5.78 Å². The first kappa shape index (κ1) is 16.8. The highest BCUT2D eigenvalue weighted by atomic mass is 16.1. The van der Waals surface area contributed by atoms with Crippen LogP contribution in [0.5, 0.6) is 0 Å². The van der Waals surface area contributed by atoms with Crippen LogP contribution in [0.25, 0.3) is 10.9 Å². The summed E-state index contributed by atoms with van der Waals surface area (Å²) in [6.45, 7) is 5.34. The van der Waals surface area contributed by atoms with E-state index in [9.17, 15) is 14.9 Å². The molecule has 1 N–H and O–H groups in total. The number of nitrogens with one attached hydrogen (secondary N) is 1. The number of carbonyl (C=O) groups is 1. The van der Waals surface area contributed by atoms with E-state index in [0.717, 1.165) is 31.3 Å². The normalized spacial score (nSPS) is 18.3. The molecule has 3 heterocycles. The Hall–Kier alpha value is -2.68. The van der Waals surface area contributed by atoms with Gasteiger partial charge in [-0.1, -0.05) is 13.8 Å². The molecule has 1 saturated carbocycles. The summed E-state index contributed by atoms with van der Waals surface area (Å²) in [6, 6.07) is 3.80. The highest BCUT2D eigenvalue weighted by Gasteiger charge is 2.44. The fraction of sp³-hybridized carbons (Fsp3) is 0.500. The van der Waals surface area contributed by atoms with Crippen LogP contribution in [0.15, 0.2) is 17.1 Å². The third-order valence-corrected chi connectivity index (χ3v) is 5.86. The first-order chi connectivity index (χ1) is 12.4. The van der Waals surface area contributed by atoms with Gasteiger partial charge in [0.2, 0.25) is 0 Å². The fourth-order valence-corrected chi connectivity index (χ4v) is 3.92. The Balaban J connectivity index is 1.87. The number of hydrogen-bond donors (Lipinski definition) is 1. The molecule has 6 heteroatoms. The molecule has 6 nitrogen and oxygen atoms in total. The molecule has 26 heavy (non-hydrogen) atoms. The van der Waals surface area contributed by atoms with Crippen LogP contribution in [-0.2, 0) is 0 Å². The van der Waals surface area contributed by atoms with E-state index < -0.39 is 5.56 Å². The average molecular weight is 350 g/mol. The van der Waals surface area contributed by atoms with E-state index in [2.05, 4.69) is 20.9 Å². The molecule has 2 aliphatic rings. The Morgan fingerprint density at radius 2 is 2.00 bits per heavy atom. The Labute approximate surface area is 151 Å². The van der Waals surface area contributed by atoms with E-state index in [1.807, 2.05) is 13.8 Å². The highest BCUT2D eigenvalue weighted by Crippen LogP contribution is 2.54. The zero-order valence-electron chi connectivity index (χ0n) is 15.1. The first-order valence-corrected chi connectivity index (χ1v) is 9.19. The Kier molecular flexibility index (Phi) is 3.83. The lowest BCUT2D eigenvalue weighted by Crippen LogP contribution is -2.36. The lowest BCUT2D eigenvalue weighted by molar-refractivity contribution is 0.0934. The number of fused-ring (bicyclic) bond motifs is 1. The van der Waals surface area contributed by atoms with Crippen molar-refractivity contribution in [2.24, 2.45) is 11.3 Å². The number of anilines is 1. The van der Waals surface area contributed by atoms with Crippen molar-refractivity contribution in [1.29, 1.82) is 5.26 Å². The van der Waals surface area contributed by atoms with Crippen LogP contribution in [0.2, 0.25) is 0 Å². The van der Waals surface area contributed by atoms with Crippen molar-refractivity contribution >= 4 is 22.4 Å². The van der Waals surface area contributed by atoms with Crippen molar-refractivity contribution < 1.29 is 4.79 Å². The molecule has 2 aromatic rings. The smallest absolute Gasteiger partial charge is 0.268 e. The first-order valence-electron chi connectivity index (χ1n) is 9.19. The number of piperidine rings is 1. The van der Waals surface area contributed by atoms with Crippen molar-refractivity contribution in [3.05, 3.63) is 33.9 Å². The van der Waals surface area contributed by atoms with Crippen LogP contribution >= 0.6 is 0 Å². The summed E-state index contributed by atoms with van der Waals surface area (Å²) in [7, 11) is 0. The van der Waals surface area contributed by atoms with Crippen LogP contribution in [-0.4, -0.2) is 28.8 Å². The van der Waals surface area contributed by atoms with Gasteiger partial charge in [0.05, 0.1) is 17.4 Å². The predicted octanol–water partition coefficient (Wildman–Crippen LogP) is 3.01. The van der Waals surface area contributed by atoms with Crippen LogP contribution in [0.3, 0.4) is 0 Å². The number of H-pyrrole nitrogens is 1. The van der Waals surface area contributed by atoms with Crippen molar-refractivity contribution in [3.63, 3.8) is 0 Å². The number of aromatic nitrogens is 2. The Morgan fingerprint density at radius 1 is 1.31 bits per heavy atom. The molecule has 0 amide bonds. The van der Waals surface area contributed by atoms with Gasteiger partial charge in [-0.25, -0.2) is 0 Å². The minimum absolute atomic E-state index is 0.0434. The monoisotopic (exact) mass is 350 g/mol. The molecule has 1 aliphatic heterocycles. The summed E-state index contributed by atoms with van der Waals surface area (Å²) >= 11 is 0. The summed E-state index contributed by atoms with van der Waals surface area (Å²) in [5.41, 5.74) is 1.82. The minimum atomic E-state index is -0.397. The standard InChI is InChI=1S/C20H22N4O2/c1-12(2)18(25)15-9-13-16(11-22-15)23-19(26)14(10-21)17(13)24-7-5-20(3-4-20)6-8-24/h9,11-12H,3-8H2,1-2H3,(H,23,26). The second-order valence-corrected chi connectivity index (χ2v) is 7.91. The largest absolute Gasteiger partial charge is 0.370 e. The predicted molar refractivity (Wildman–Crippen MR) is 99.4 cm³/mol. The Morgan fingerprint density at radius 3 is 2.58 bits per heavy atom. The zero-order chi connectivity index (χ0) is 18.5. The summed E-state index contributed by atoms with van der Waals surface area (Å²) < 4.78 is 0. The number of pyridine rings is 2. The van der Waals surface area contributed by atoms with Gasteiger partial charge in [-0.05, 0) is 37.2 Å². The van der Waals surface area contributed by atoms with Gasteiger partial charge in [0.25, 0.3) is 5.56 Å². The maximum atomic E-state index is 12.4. The molecule has 4 rings (SSSR count). The van der Waals surface area contributed by atoms with Gasteiger partial charge in [0, 0.05) is 24.4 Å². The van der Waals surface area contributed by atoms with Gasteiger partial charge in [-0.2, -0.15) is 5.26 Å². The molecule has 0 atom stereocenters. The molecule has 1 saturated heterocycles. The maximum absolute atomic E-state index is 12.4. The average Bonchev–Trinajstić information content (AvgIpc) is 3.39. The topological polar surface area (TPSA) is 89.9 Å². The summed E-state index contributed by atoms with van der Waals surface area (Å²) in [6.07, 6.45) is 6.30. The molecule has 2 aromatic heterocycles. The van der Waals surface area contributed by atoms with Crippen LogP contribution < -0.4 is 10.5 Å². The van der Waals surface area contributed by atoms with Gasteiger partial charge in [-0.15, -0.1) is 0 Å². The van der Waals surface area contributed by atoms with Crippen LogP contribution in [0, 0.1) is 22.7 Å². The molecule has 1 aliphatic carbocycles. The van der Waals surface area contributed by atoms with E-state index in [4.69, 9.17) is 0 Å². The Bertz CT molecular complexity index is 985. The van der Waals surface area contributed by atoms with Gasteiger partial charge >= 0.3 is 0 Å².